The summed E-state index contributed by atoms with van der Waals surface area (Å²) >= 11 is 0. The molecule has 0 bridgehead atoms. The Bertz CT molecular complexity index is 616. The highest BCUT2D eigenvalue weighted by Gasteiger charge is 2.34. The van der Waals surface area contributed by atoms with Gasteiger partial charge < -0.3 is 4.74 Å². The molecule has 21 heavy (non-hydrogen) atoms. The van der Waals surface area contributed by atoms with Crippen molar-refractivity contribution in [2.45, 2.75) is 38.0 Å². The molecule has 2 rings (SSSR count). The summed E-state index contributed by atoms with van der Waals surface area (Å²) < 4.78 is 35.1. The summed E-state index contributed by atoms with van der Waals surface area (Å²) in [5.41, 5.74) is 0.628. The molecule has 4 nitrogen and oxygen atoms in total. The van der Waals surface area contributed by atoms with Crippen molar-refractivity contribution < 1.29 is 17.3 Å². The van der Waals surface area contributed by atoms with E-state index < -0.39 is 10.1 Å². The number of benzene rings is 1. The SMILES string of the molecule is COC1=CCCCC1(C)COS(=O)(=O)c1ccc(C)cc1. The second-order valence-corrected chi connectivity index (χ2v) is 7.37. The standard InChI is InChI=1S/C16H22O4S/c1-13-7-9-14(10-8-13)21(17,18)20-12-16(2)11-5-4-6-15(16)19-3/h6-10H,4-5,11-12H2,1-3H3. The summed E-state index contributed by atoms with van der Waals surface area (Å²) in [7, 11) is -2.11. The Hall–Kier alpha value is -1.33. The van der Waals surface area contributed by atoms with E-state index in [0.29, 0.717) is 0 Å². The van der Waals surface area contributed by atoms with Crippen LogP contribution >= 0.6 is 0 Å². The van der Waals surface area contributed by atoms with Gasteiger partial charge >= 0.3 is 0 Å². The van der Waals surface area contributed by atoms with Crippen molar-refractivity contribution in [3.8, 4) is 0 Å². The van der Waals surface area contributed by atoms with Crippen LogP contribution in [0, 0.1) is 12.3 Å². The zero-order chi connectivity index (χ0) is 15.5. The van der Waals surface area contributed by atoms with Gasteiger partial charge in [-0.25, -0.2) is 0 Å². The molecule has 0 aromatic heterocycles. The number of rotatable bonds is 5. The van der Waals surface area contributed by atoms with Gasteiger partial charge in [-0.05, 0) is 44.4 Å². The minimum Gasteiger partial charge on any atom is -0.501 e. The fraction of sp³-hybridized carbons (Fsp3) is 0.500. The van der Waals surface area contributed by atoms with E-state index >= 15 is 0 Å². The van der Waals surface area contributed by atoms with Crippen molar-refractivity contribution in [1.29, 1.82) is 0 Å². The molecule has 1 aromatic rings. The van der Waals surface area contributed by atoms with Gasteiger partial charge in [0.25, 0.3) is 10.1 Å². The molecule has 1 aromatic carbocycles. The van der Waals surface area contributed by atoms with Gasteiger partial charge in [-0.1, -0.05) is 24.6 Å². The minimum atomic E-state index is -3.73. The average molecular weight is 310 g/mol. The Kier molecular flexibility index (Phi) is 4.74. The predicted octanol–water partition coefficient (Wildman–Crippen LogP) is 3.42. The number of aryl methyl sites for hydroxylation is 1. The lowest BCUT2D eigenvalue weighted by atomic mass is 9.80. The van der Waals surface area contributed by atoms with Crippen LogP contribution in [0.3, 0.4) is 0 Å². The van der Waals surface area contributed by atoms with Gasteiger partial charge in [0.15, 0.2) is 0 Å². The van der Waals surface area contributed by atoms with Crippen LogP contribution in [0.5, 0.6) is 0 Å². The molecule has 0 saturated carbocycles. The molecular weight excluding hydrogens is 288 g/mol. The van der Waals surface area contributed by atoms with Crippen LogP contribution in [-0.4, -0.2) is 22.1 Å². The summed E-state index contributed by atoms with van der Waals surface area (Å²) in [6.07, 6.45) is 4.85. The molecule has 1 atom stereocenters. The van der Waals surface area contributed by atoms with Crippen molar-refractivity contribution in [2.75, 3.05) is 13.7 Å². The van der Waals surface area contributed by atoms with E-state index in [1.807, 2.05) is 19.9 Å². The van der Waals surface area contributed by atoms with E-state index in [-0.39, 0.29) is 16.9 Å². The molecule has 1 aliphatic rings. The van der Waals surface area contributed by atoms with E-state index in [9.17, 15) is 8.42 Å². The van der Waals surface area contributed by atoms with Crippen LogP contribution in [-0.2, 0) is 19.0 Å². The Labute approximate surface area is 126 Å². The predicted molar refractivity (Wildman–Crippen MR) is 81.4 cm³/mol. The van der Waals surface area contributed by atoms with E-state index in [4.69, 9.17) is 8.92 Å². The van der Waals surface area contributed by atoms with Crippen molar-refractivity contribution in [3.63, 3.8) is 0 Å². The quantitative estimate of drug-likeness (QED) is 0.782. The number of hydrogen-bond acceptors (Lipinski definition) is 4. The van der Waals surface area contributed by atoms with E-state index in [0.717, 1.165) is 30.6 Å². The average Bonchev–Trinajstić information content (AvgIpc) is 2.46. The van der Waals surface area contributed by atoms with E-state index in [2.05, 4.69) is 0 Å². The van der Waals surface area contributed by atoms with Crippen LogP contribution in [0.25, 0.3) is 0 Å². The summed E-state index contributed by atoms with van der Waals surface area (Å²) in [6, 6.07) is 6.67. The van der Waals surface area contributed by atoms with E-state index in [1.165, 1.54) is 0 Å². The lowest BCUT2D eigenvalue weighted by molar-refractivity contribution is 0.103. The highest BCUT2D eigenvalue weighted by Crippen LogP contribution is 2.38. The summed E-state index contributed by atoms with van der Waals surface area (Å²) in [4.78, 5) is 0.190. The maximum Gasteiger partial charge on any atom is 0.297 e. The van der Waals surface area contributed by atoms with Crippen LogP contribution in [0.2, 0.25) is 0 Å². The van der Waals surface area contributed by atoms with Crippen LogP contribution in [0.1, 0.15) is 31.7 Å². The molecule has 0 amide bonds. The first-order valence-corrected chi connectivity index (χ1v) is 8.49. The summed E-state index contributed by atoms with van der Waals surface area (Å²) in [6.45, 7) is 3.99. The van der Waals surface area contributed by atoms with Gasteiger partial charge in [-0.2, -0.15) is 8.42 Å². The minimum absolute atomic E-state index is 0.100. The highest BCUT2D eigenvalue weighted by atomic mass is 32.2. The fourth-order valence-electron chi connectivity index (χ4n) is 2.55. The largest absolute Gasteiger partial charge is 0.501 e. The maximum absolute atomic E-state index is 12.2. The van der Waals surface area contributed by atoms with Gasteiger partial charge in [0.05, 0.1) is 24.4 Å². The Morgan fingerprint density at radius 3 is 2.52 bits per heavy atom. The first-order valence-electron chi connectivity index (χ1n) is 7.08. The molecule has 0 N–H and O–H groups in total. The Balaban J connectivity index is 2.13. The van der Waals surface area contributed by atoms with Gasteiger partial charge in [-0.15, -0.1) is 0 Å². The van der Waals surface area contributed by atoms with Gasteiger partial charge in [0.1, 0.15) is 0 Å². The molecule has 0 spiro atoms. The van der Waals surface area contributed by atoms with Gasteiger partial charge in [-0.3, -0.25) is 4.18 Å². The number of ether oxygens (including phenoxy) is 1. The molecule has 116 valence electrons. The van der Waals surface area contributed by atoms with Crippen molar-refractivity contribution in [1.82, 2.24) is 0 Å². The van der Waals surface area contributed by atoms with Crippen LogP contribution in [0.15, 0.2) is 41.0 Å². The molecule has 1 aliphatic carbocycles. The van der Waals surface area contributed by atoms with Crippen molar-refractivity contribution in [2.24, 2.45) is 5.41 Å². The molecule has 5 heteroatoms. The van der Waals surface area contributed by atoms with Gasteiger partial charge in [0, 0.05) is 5.41 Å². The van der Waals surface area contributed by atoms with Gasteiger partial charge in [0.2, 0.25) is 0 Å². The number of methoxy groups -OCH3 is 1. The molecule has 1 unspecified atom stereocenters. The Morgan fingerprint density at radius 1 is 1.24 bits per heavy atom. The Morgan fingerprint density at radius 2 is 1.90 bits per heavy atom. The first kappa shape index (κ1) is 16.0. The van der Waals surface area contributed by atoms with Crippen LogP contribution in [0.4, 0.5) is 0 Å². The fourth-order valence-corrected chi connectivity index (χ4v) is 3.57. The first-order chi connectivity index (χ1) is 9.87. The van der Waals surface area contributed by atoms with Crippen LogP contribution < -0.4 is 0 Å². The lowest BCUT2D eigenvalue weighted by Gasteiger charge is -2.33. The topological polar surface area (TPSA) is 52.6 Å². The maximum atomic E-state index is 12.2. The van der Waals surface area contributed by atoms with E-state index in [1.54, 1.807) is 31.4 Å². The smallest absolute Gasteiger partial charge is 0.297 e. The third kappa shape index (κ3) is 3.66. The lowest BCUT2D eigenvalue weighted by Crippen LogP contribution is -2.30. The second kappa shape index (κ2) is 6.20. The zero-order valence-corrected chi connectivity index (χ0v) is 13.6. The molecule has 0 saturated heterocycles. The monoisotopic (exact) mass is 310 g/mol. The summed E-state index contributed by atoms with van der Waals surface area (Å²) in [5, 5.41) is 0. The zero-order valence-electron chi connectivity index (χ0n) is 12.8. The third-order valence-electron chi connectivity index (χ3n) is 3.92. The number of allylic oxidation sites excluding steroid dienone is 1. The van der Waals surface area contributed by atoms with Crippen molar-refractivity contribution >= 4 is 10.1 Å². The normalized spacial score (nSPS) is 22.7. The summed E-state index contributed by atoms with van der Waals surface area (Å²) in [5.74, 6) is 0.813. The molecule has 0 radical (unpaired) electrons. The highest BCUT2D eigenvalue weighted by molar-refractivity contribution is 7.86. The molecule has 0 fully saturated rings. The molecular formula is C16H22O4S. The molecule has 0 aliphatic heterocycles. The molecule has 0 heterocycles. The second-order valence-electron chi connectivity index (χ2n) is 5.75. The van der Waals surface area contributed by atoms with Crippen molar-refractivity contribution in [3.05, 3.63) is 41.7 Å². The third-order valence-corrected chi connectivity index (χ3v) is 5.20. The number of hydrogen-bond donors (Lipinski definition) is 0.